The normalized spacial score (nSPS) is 13.9. The molecule has 0 saturated heterocycles. The molecule has 11 heavy (non-hydrogen) atoms. The predicted molar refractivity (Wildman–Crippen MR) is 49.1 cm³/mol. The smallest absolute Gasteiger partial charge is 0.107 e. The Kier molecular flexibility index (Phi) is 7.51. The summed E-state index contributed by atoms with van der Waals surface area (Å²) in [4.78, 5) is -0.283. The van der Waals surface area contributed by atoms with Crippen molar-refractivity contribution >= 4 is 23.2 Å². The van der Waals surface area contributed by atoms with Crippen LogP contribution in [0, 0.1) is 0 Å². The third kappa shape index (κ3) is 8.42. The molecular weight excluding hydrogens is 186 g/mol. The van der Waals surface area contributed by atoms with E-state index in [2.05, 4.69) is 0 Å². The molecule has 0 aliphatic heterocycles. The fourth-order valence-corrected chi connectivity index (χ4v) is 1.18. The first-order valence-corrected chi connectivity index (χ1v) is 4.96. The Morgan fingerprint density at radius 1 is 1.18 bits per heavy atom. The first kappa shape index (κ1) is 11.5. The molecule has 0 bridgehead atoms. The van der Waals surface area contributed by atoms with Crippen LogP contribution in [-0.2, 0) is 0 Å². The van der Waals surface area contributed by atoms with Gasteiger partial charge in [0.25, 0.3) is 0 Å². The highest BCUT2D eigenvalue weighted by Gasteiger charge is 2.03. The zero-order valence-electron chi connectivity index (χ0n) is 6.82. The summed E-state index contributed by atoms with van der Waals surface area (Å²) in [6.45, 7) is 1.86. The van der Waals surface area contributed by atoms with Gasteiger partial charge in [-0.05, 0) is 19.3 Å². The van der Waals surface area contributed by atoms with Gasteiger partial charge in [-0.3, -0.25) is 0 Å². The van der Waals surface area contributed by atoms with Crippen LogP contribution in [0.5, 0.6) is 0 Å². The van der Waals surface area contributed by atoms with Gasteiger partial charge in [0, 0.05) is 0 Å². The first-order valence-electron chi connectivity index (χ1n) is 4.09. The van der Waals surface area contributed by atoms with E-state index in [1.54, 1.807) is 0 Å². The van der Waals surface area contributed by atoms with E-state index in [1.807, 2.05) is 6.92 Å². The first-order chi connectivity index (χ1) is 5.16. The topological polar surface area (TPSA) is 0 Å². The van der Waals surface area contributed by atoms with Crippen LogP contribution >= 0.6 is 23.2 Å². The summed E-state index contributed by atoms with van der Waals surface area (Å²) in [5.41, 5.74) is 0. The molecule has 0 aromatic heterocycles. The second-order valence-corrected chi connectivity index (χ2v) is 3.96. The zero-order valence-corrected chi connectivity index (χ0v) is 8.34. The average molecular weight is 201 g/mol. The second kappa shape index (κ2) is 7.17. The zero-order chi connectivity index (χ0) is 8.69. The van der Waals surface area contributed by atoms with E-state index in [-0.39, 0.29) is 4.84 Å². The van der Waals surface area contributed by atoms with Crippen LogP contribution in [0.4, 0.5) is 4.39 Å². The lowest BCUT2D eigenvalue weighted by atomic mass is 10.1. The average Bonchev–Trinajstić information content (AvgIpc) is 1.97. The molecule has 68 valence electrons. The monoisotopic (exact) mass is 200 g/mol. The van der Waals surface area contributed by atoms with Crippen molar-refractivity contribution in [3.05, 3.63) is 0 Å². The quantitative estimate of drug-likeness (QED) is 0.448. The summed E-state index contributed by atoms with van der Waals surface area (Å²) in [6.07, 6.45) is 3.23. The SMILES string of the molecule is CCC(F)CCCCC(Cl)Cl. The summed E-state index contributed by atoms with van der Waals surface area (Å²) in [5.74, 6) is 0. The third-order valence-electron chi connectivity index (χ3n) is 1.63. The van der Waals surface area contributed by atoms with E-state index < -0.39 is 6.17 Å². The van der Waals surface area contributed by atoms with Gasteiger partial charge in [0.15, 0.2) is 0 Å². The molecule has 0 radical (unpaired) electrons. The van der Waals surface area contributed by atoms with E-state index in [9.17, 15) is 4.39 Å². The van der Waals surface area contributed by atoms with Crippen molar-refractivity contribution < 1.29 is 4.39 Å². The van der Waals surface area contributed by atoms with Gasteiger partial charge < -0.3 is 0 Å². The van der Waals surface area contributed by atoms with Crippen LogP contribution in [-0.4, -0.2) is 11.0 Å². The number of alkyl halides is 3. The lowest BCUT2D eigenvalue weighted by molar-refractivity contribution is 0.297. The summed E-state index contributed by atoms with van der Waals surface area (Å²) >= 11 is 11.0. The van der Waals surface area contributed by atoms with Gasteiger partial charge in [0.1, 0.15) is 4.84 Å². The number of hydrogen-bond acceptors (Lipinski definition) is 0. The van der Waals surface area contributed by atoms with Crippen molar-refractivity contribution in [2.45, 2.75) is 50.0 Å². The Hall–Kier alpha value is 0.510. The largest absolute Gasteiger partial charge is 0.248 e. The van der Waals surface area contributed by atoms with Crippen LogP contribution in [0.1, 0.15) is 39.0 Å². The third-order valence-corrected chi connectivity index (χ3v) is 2.07. The van der Waals surface area contributed by atoms with E-state index in [0.29, 0.717) is 12.8 Å². The van der Waals surface area contributed by atoms with Gasteiger partial charge in [0.2, 0.25) is 0 Å². The van der Waals surface area contributed by atoms with Crippen LogP contribution in [0.3, 0.4) is 0 Å². The highest BCUT2D eigenvalue weighted by atomic mass is 35.5. The van der Waals surface area contributed by atoms with Gasteiger partial charge in [-0.25, -0.2) is 4.39 Å². The molecule has 0 fully saturated rings. The molecule has 0 amide bonds. The molecule has 0 spiro atoms. The van der Waals surface area contributed by atoms with Gasteiger partial charge in [0.05, 0.1) is 6.17 Å². The van der Waals surface area contributed by atoms with E-state index >= 15 is 0 Å². The number of halogens is 3. The molecule has 0 heterocycles. The van der Waals surface area contributed by atoms with Crippen LogP contribution in [0.2, 0.25) is 0 Å². The molecule has 0 nitrogen and oxygen atoms in total. The van der Waals surface area contributed by atoms with Crippen LogP contribution < -0.4 is 0 Å². The van der Waals surface area contributed by atoms with E-state index in [4.69, 9.17) is 23.2 Å². The molecule has 0 aliphatic rings. The minimum atomic E-state index is -0.640. The van der Waals surface area contributed by atoms with Gasteiger partial charge in [-0.2, -0.15) is 0 Å². The molecule has 0 N–H and O–H groups in total. The van der Waals surface area contributed by atoms with Crippen molar-refractivity contribution in [3.63, 3.8) is 0 Å². The summed E-state index contributed by atoms with van der Waals surface area (Å²) < 4.78 is 12.6. The van der Waals surface area contributed by atoms with E-state index in [0.717, 1.165) is 19.3 Å². The molecule has 0 saturated carbocycles. The Balaban J connectivity index is 3.01. The lowest BCUT2D eigenvalue weighted by Gasteiger charge is -2.04. The molecule has 0 rings (SSSR count). The minimum absolute atomic E-state index is 0.283. The molecule has 0 aromatic rings. The fourth-order valence-electron chi connectivity index (χ4n) is 0.869. The summed E-state index contributed by atoms with van der Waals surface area (Å²) in [5, 5.41) is 0. The van der Waals surface area contributed by atoms with E-state index in [1.165, 1.54) is 0 Å². The van der Waals surface area contributed by atoms with Gasteiger partial charge in [-0.15, -0.1) is 23.2 Å². The van der Waals surface area contributed by atoms with Gasteiger partial charge in [-0.1, -0.05) is 19.8 Å². The highest BCUT2D eigenvalue weighted by Crippen LogP contribution is 2.14. The predicted octanol–water partition coefficient (Wildman–Crippen LogP) is 4.10. The number of unbranched alkanes of at least 4 members (excludes halogenated alkanes) is 1. The Morgan fingerprint density at radius 2 is 1.73 bits per heavy atom. The Bertz CT molecular complexity index is 86.2. The maximum atomic E-state index is 12.6. The second-order valence-electron chi connectivity index (χ2n) is 2.68. The minimum Gasteiger partial charge on any atom is -0.248 e. The molecule has 1 atom stereocenters. The molecule has 3 heteroatoms. The summed E-state index contributed by atoms with van der Waals surface area (Å²) in [6, 6.07) is 0. The number of hydrogen-bond donors (Lipinski definition) is 0. The van der Waals surface area contributed by atoms with Crippen molar-refractivity contribution in [2.75, 3.05) is 0 Å². The van der Waals surface area contributed by atoms with Crippen molar-refractivity contribution in [1.29, 1.82) is 0 Å². The van der Waals surface area contributed by atoms with Crippen LogP contribution in [0.15, 0.2) is 0 Å². The van der Waals surface area contributed by atoms with Gasteiger partial charge >= 0.3 is 0 Å². The Labute approximate surface area is 78.1 Å². The molecular formula is C8H15Cl2F. The fraction of sp³-hybridized carbons (Fsp3) is 1.00. The molecule has 0 aromatic carbocycles. The Morgan fingerprint density at radius 3 is 2.18 bits per heavy atom. The van der Waals surface area contributed by atoms with Crippen molar-refractivity contribution in [1.82, 2.24) is 0 Å². The van der Waals surface area contributed by atoms with Crippen molar-refractivity contribution in [2.24, 2.45) is 0 Å². The standard InChI is InChI=1S/C8H15Cl2F/c1-2-7(11)5-3-4-6-8(9)10/h7-8H,2-6H2,1H3. The van der Waals surface area contributed by atoms with Crippen molar-refractivity contribution in [3.8, 4) is 0 Å². The maximum Gasteiger partial charge on any atom is 0.107 e. The lowest BCUT2D eigenvalue weighted by Crippen LogP contribution is -1.97. The highest BCUT2D eigenvalue weighted by molar-refractivity contribution is 6.44. The molecule has 1 unspecified atom stereocenters. The van der Waals surface area contributed by atoms with Crippen LogP contribution in [0.25, 0.3) is 0 Å². The maximum absolute atomic E-state index is 12.6. The number of rotatable bonds is 6. The molecule has 0 aliphatic carbocycles. The summed E-state index contributed by atoms with van der Waals surface area (Å²) in [7, 11) is 0.